The molecule has 3 aliphatic heterocycles. The lowest BCUT2D eigenvalue weighted by molar-refractivity contribution is 0.0608. The van der Waals surface area contributed by atoms with Crippen LogP contribution in [0.5, 0.6) is 0 Å². The predicted octanol–water partition coefficient (Wildman–Crippen LogP) is 7.63. The van der Waals surface area contributed by atoms with Crippen LogP contribution in [0.2, 0.25) is 0 Å². The van der Waals surface area contributed by atoms with Crippen molar-refractivity contribution in [1.82, 2.24) is 24.3 Å². The van der Waals surface area contributed by atoms with Crippen LogP contribution in [-0.4, -0.2) is 62.0 Å². The Labute approximate surface area is 266 Å². The highest BCUT2D eigenvalue weighted by molar-refractivity contribution is 6.06. The lowest BCUT2D eigenvalue weighted by Gasteiger charge is -2.45. The molecular weight excluding hydrogens is 554 g/mol. The fraction of sp³-hybridized carbons (Fsp3) is 0.410. The Morgan fingerprint density at radius 2 is 1.58 bits per heavy atom. The van der Waals surface area contributed by atoms with Gasteiger partial charge in [0.05, 0.1) is 22.1 Å². The molecule has 0 N–H and O–H groups in total. The van der Waals surface area contributed by atoms with Gasteiger partial charge in [0.2, 0.25) is 0 Å². The molecule has 5 heterocycles. The number of fused-ring (bicyclic) bond motifs is 4. The smallest absolute Gasteiger partial charge is 0.256 e. The minimum atomic E-state index is 0.0824. The molecule has 3 saturated heterocycles. The molecular formula is C39H43N5O. The van der Waals surface area contributed by atoms with Gasteiger partial charge in [-0.15, -0.1) is 0 Å². The molecule has 6 nitrogen and oxygen atoms in total. The number of benzene rings is 3. The van der Waals surface area contributed by atoms with E-state index in [1.54, 1.807) is 0 Å². The third kappa shape index (κ3) is 4.94. The van der Waals surface area contributed by atoms with Crippen molar-refractivity contribution in [2.75, 3.05) is 19.6 Å². The van der Waals surface area contributed by atoms with E-state index >= 15 is 0 Å². The van der Waals surface area contributed by atoms with Gasteiger partial charge in [-0.2, -0.15) is 0 Å². The van der Waals surface area contributed by atoms with E-state index in [0.717, 1.165) is 72.3 Å². The maximum absolute atomic E-state index is 13.9. The Morgan fingerprint density at radius 3 is 2.36 bits per heavy atom. The molecule has 0 saturated carbocycles. The summed E-state index contributed by atoms with van der Waals surface area (Å²) in [6.07, 6.45) is 9.95. The highest BCUT2D eigenvalue weighted by Crippen LogP contribution is 2.45. The molecule has 3 aliphatic rings. The van der Waals surface area contributed by atoms with Gasteiger partial charge in [0.25, 0.3) is 5.91 Å². The second-order valence-corrected chi connectivity index (χ2v) is 13.8. The number of likely N-dealkylation sites (tertiary alicyclic amines) is 1. The average Bonchev–Trinajstić information content (AvgIpc) is 3.54. The molecule has 2 aromatic heterocycles. The van der Waals surface area contributed by atoms with Crippen molar-refractivity contribution in [3.8, 4) is 0 Å². The SMILES string of the molecule is Cc1ccnc2c(C(=O)N3CCC(CCN4[C@@H]5CC[C@H]4CC(n4c(C)nc6ccccc64)C5)(c4ccccc4)CC3)cccc12. The lowest BCUT2D eigenvalue weighted by Crippen LogP contribution is -2.49. The summed E-state index contributed by atoms with van der Waals surface area (Å²) in [4.78, 5) is 28.3. The average molecular weight is 598 g/mol. The van der Waals surface area contributed by atoms with Gasteiger partial charge in [0, 0.05) is 42.8 Å². The molecule has 1 unspecified atom stereocenters. The molecule has 3 atom stereocenters. The number of amides is 1. The number of rotatable bonds is 6. The van der Waals surface area contributed by atoms with E-state index in [1.165, 1.54) is 36.8 Å². The molecule has 0 spiro atoms. The van der Waals surface area contributed by atoms with Crippen molar-refractivity contribution >= 4 is 27.8 Å². The number of para-hydroxylation sites is 3. The maximum Gasteiger partial charge on any atom is 0.256 e. The minimum absolute atomic E-state index is 0.0824. The molecule has 8 rings (SSSR count). The van der Waals surface area contributed by atoms with Crippen LogP contribution in [0.15, 0.2) is 85.1 Å². The summed E-state index contributed by atoms with van der Waals surface area (Å²) >= 11 is 0. The fourth-order valence-electron chi connectivity index (χ4n) is 9.06. The van der Waals surface area contributed by atoms with E-state index in [9.17, 15) is 4.79 Å². The molecule has 0 radical (unpaired) electrons. The van der Waals surface area contributed by atoms with Gasteiger partial charge >= 0.3 is 0 Å². The van der Waals surface area contributed by atoms with Crippen molar-refractivity contribution in [3.63, 3.8) is 0 Å². The first-order valence-corrected chi connectivity index (χ1v) is 16.9. The first-order valence-electron chi connectivity index (χ1n) is 16.9. The van der Waals surface area contributed by atoms with Crippen LogP contribution in [0.3, 0.4) is 0 Å². The van der Waals surface area contributed by atoms with Crippen LogP contribution in [0.25, 0.3) is 21.9 Å². The standard InChI is InChI=1S/C39H43N5O/c1-27-17-21-40-37-33(27)11-8-12-34(37)38(45)42-22-18-39(19-23-42,29-9-4-3-5-10-29)20-24-43-30-15-16-31(43)26-32(25-30)44-28(2)41-35-13-6-7-14-36(35)44/h3-14,17,21,30-32H,15-16,18-20,22-26H2,1-2H3/t30-,31+,32?. The van der Waals surface area contributed by atoms with Gasteiger partial charge in [0.15, 0.2) is 0 Å². The molecule has 230 valence electrons. The number of hydrogen-bond acceptors (Lipinski definition) is 4. The van der Waals surface area contributed by atoms with Crippen LogP contribution in [-0.2, 0) is 5.41 Å². The van der Waals surface area contributed by atoms with E-state index in [4.69, 9.17) is 4.98 Å². The van der Waals surface area contributed by atoms with Crippen molar-refractivity contribution in [2.24, 2.45) is 0 Å². The molecule has 45 heavy (non-hydrogen) atoms. The number of carbonyl (C=O) groups is 1. The molecule has 3 fully saturated rings. The van der Waals surface area contributed by atoms with Gasteiger partial charge in [-0.05, 0) is 106 Å². The van der Waals surface area contributed by atoms with Gasteiger partial charge in [-0.3, -0.25) is 14.7 Å². The molecule has 0 aliphatic carbocycles. The van der Waals surface area contributed by atoms with Gasteiger partial charge in [-0.1, -0.05) is 54.6 Å². The van der Waals surface area contributed by atoms with Crippen LogP contribution in [0.4, 0.5) is 0 Å². The molecule has 3 aromatic carbocycles. The van der Waals surface area contributed by atoms with Gasteiger partial charge < -0.3 is 9.47 Å². The summed E-state index contributed by atoms with van der Waals surface area (Å²) in [6, 6.07) is 29.6. The number of pyridine rings is 1. The predicted molar refractivity (Wildman–Crippen MR) is 181 cm³/mol. The zero-order valence-corrected chi connectivity index (χ0v) is 26.5. The maximum atomic E-state index is 13.9. The van der Waals surface area contributed by atoms with Crippen molar-refractivity contribution in [1.29, 1.82) is 0 Å². The monoisotopic (exact) mass is 597 g/mol. The minimum Gasteiger partial charge on any atom is -0.339 e. The number of aryl methyl sites for hydroxylation is 2. The Balaban J connectivity index is 0.993. The number of piperidine rings is 2. The van der Waals surface area contributed by atoms with E-state index in [1.807, 2.05) is 24.4 Å². The summed E-state index contributed by atoms with van der Waals surface area (Å²) < 4.78 is 2.53. The van der Waals surface area contributed by atoms with Crippen LogP contribution in [0, 0.1) is 13.8 Å². The van der Waals surface area contributed by atoms with Crippen molar-refractivity contribution < 1.29 is 4.79 Å². The second kappa shape index (κ2) is 11.4. The fourth-order valence-corrected chi connectivity index (χ4v) is 9.06. The summed E-state index contributed by atoms with van der Waals surface area (Å²) in [5.74, 6) is 1.26. The molecule has 6 heteroatoms. The first kappa shape index (κ1) is 28.4. The number of aromatic nitrogens is 3. The Morgan fingerprint density at radius 1 is 0.844 bits per heavy atom. The highest BCUT2D eigenvalue weighted by atomic mass is 16.2. The van der Waals surface area contributed by atoms with Gasteiger partial charge in [0.1, 0.15) is 5.82 Å². The Bertz CT molecular complexity index is 1840. The van der Waals surface area contributed by atoms with Crippen molar-refractivity contribution in [3.05, 3.63) is 108 Å². The number of hydrogen-bond donors (Lipinski definition) is 0. The topological polar surface area (TPSA) is 54.3 Å². The third-order valence-corrected chi connectivity index (χ3v) is 11.5. The normalized spacial score (nSPS) is 23.2. The molecule has 2 bridgehead atoms. The van der Waals surface area contributed by atoms with Gasteiger partial charge in [-0.25, -0.2) is 4.98 Å². The highest BCUT2D eigenvalue weighted by Gasteiger charge is 2.44. The third-order valence-electron chi connectivity index (χ3n) is 11.5. The molecule has 1 amide bonds. The van der Waals surface area contributed by atoms with Crippen LogP contribution in [0.1, 0.15) is 78.3 Å². The van der Waals surface area contributed by atoms with Crippen LogP contribution < -0.4 is 0 Å². The summed E-state index contributed by atoms with van der Waals surface area (Å²) in [5.41, 5.74) is 6.62. The number of nitrogens with zero attached hydrogens (tertiary/aromatic N) is 5. The quantitative estimate of drug-likeness (QED) is 0.202. The van der Waals surface area contributed by atoms with Crippen LogP contribution >= 0.6 is 0 Å². The zero-order chi connectivity index (χ0) is 30.5. The summed E-state index contributed by atoms with van der Waals surface area (Å²) in [7, 11) is 0. The number of carbonyl (C=O) groups excluding carboxylic acids is 1. The Kier molecular flexibility index (Phi) is 7.21. The van der Waals surface area contributed by atoms with E-state index in [2.05, 4.69) is 93.9 Å². The summed E-state index contributed by atoms with van der Waals surface area (Å²) in [6.45, 7) is 6.94. The molecule has 5 aromatic rings. The second-order valence-electron chi connectivity index (χ2n) is 13.8. The largest absolute Gasteiger partial charge is 0.339 e. The summed E-state index contributed by atoms with van der Waals surface area (Å²) in [5, 5.41) is 1.06. The van der Waals surface area contributed by atoms with E-state index < -0.39 is 0 Å². The first-order chi connectivity index (χ1) is 22.0. The number of imidazole rings is 1. The zero-order valence-electron chi connectivity index (χ0n) is 26.5. The Hall–Kier alpha value is -4.03. The van der Waals surface area contributed by atoms with Crippen molar-refractivity contribution in [2.45, 2.75) is 82.3 Å². The van der Waals surface area contributed by atoms with E-state index in [0.29, 0.717) is 18.1 Å². The lowest BCUT2D eigenvalue weighted by atomic mass is 9.70. The van der Waals surface area contributed by atoms with E-state index in [-0.39, 0.29) is 11.3 Å².